The molecule has 0 atom stereocenters. The number of amides is 3. The molecule has 182 valence electrons. The molecule has 0 bridgehead atoms. The molecule has 9 nitrogen and oxygen atoms in total. The van der Waals surface area contributed by atoms with Crippen molar-refractivity contribution in [2.24, 2.45) is 0 Å². The summed E-state index contributed by atoms with van der Waals surface area (Å²) in [4.78, 5) is 39.3. The first-order chi connectivity index (χ1) is 16.8. The van der Waals surface area contributed by atoms with Gasteiger partial charge in [0, 0.05) is 25.3 Å². The number of aromatic amines is 1. The number of likely N-dealkylation sites (tertiary alicyclic amines) is 1. The van der Waals surface area contributed by atoms with Crippen molar-refractivity contribution in [2.45, 2.75) is 18.9 Å². The molecule has 1 aliphatic heterocycles. The summed E-state index contributed by atoms with van der Waals surface area (Å²) in [6.45, 7) is 0.722. The van der Waals surface area contributed by atoms with Crippen molar-refractivity contribution in [3.8, 4) is 5.75 Å². The van der Waals surface area contributed by atoms with E-state index in [1.54, 1.807) is 6.07 Å². The van der Waals surface area contributed by atoms with Gasteiger partial charge in [-0.15, -0.1) is 0 Å². The quantitative estimate of drug-likeness (QED) is 0.458. The van der Waals surface area contributed by atoms with E-state index in [1.807, 2.05) is 0 Å². The van der Waals surface area contributed by atoms with Gasteiger partial charge in [-0.2, -0.15) is 5.10 Å². The van der Waals surface area contributed by atoms with Crippen molar-refractivity contribution in [3.05, 3.63) is 75.8 Å². The van der Waals surface area contributed by atoms with Crippen LogP contribution in [0.3, 0.4) is 0 Å². The molecule has 0 saturated carbocycles. The van der Waals surface area contributed by atoms with Crippen LogP contribution in [0.15, 0.2) is 48.7 Å². The predicted molar refractivity (Wildman–Crippen MR) is 127 cm³/mol. The number of H-pyrrole nitrogens is 1. The zero-order valence-electron chi connectivity index (χ0n) is 18.2. The van der Waals surface area contributed by atoms with E-state index in [9.17, 15) is 18.8 Å². The van der Waals surface area contributed by atoms with Gasteiger partial charge in [0.2, 0.25) is 0 Å². The zero-order valence-corrected chi connectivity index (χ0v) is 19.7. The molecule has 3 amide bonds. The number of nitrogens with zero attached hydrogens (tertiary/aromatic N) is 2. The molecule has 4 rings (SSSR count). The van der Waals surface area contributed by atoms with Crippen LogP contribution in [0.1, 0.15) is 33.7 Å². The molecule has 12 heteroatoms. The SMILES string of the molecule is O=C(NC1CCN(C(=O)Oc2ccc(F)cc2)CC1)c1n[nH]cc1NC(=O)c1c(Cl)cccc1Cl. The summed E-state index contributed by atoms with van der Waals surface area (Å²) in [5, 5.41) is 12.3. The molecule has 3 N–H and O–H groups in total. The van der Waals surface area contributed by atoms with Crippen LogP contribution in [-0.4, -0.2) is 52.1 Å². The Morgan fingerprint density at radius 1 is 1.03 bits per heavy atom. The molecule has 1 saturated heterocycles. The third-order valence-corrected chi connectivity index (χ3v) is 6.03. The summed E-state index contributed by atoms with van der Waals surface area (Å²) >= 11 is 12.2. The van der Waals surface area contributed by atoms with Crippen molar-refractivity contribution >= 4 is 46.8 Å². The molecule has 2 aromatic carbocycles. The van der Waals surface area contributed by atoms with Gasteiger partial charge in [0.1, 0.15) is 11.6 Å². The van der Waals surface area contributed by atoms with Gasteiger partial charge in [-0.25, -0.2) is 9.18 Å². The lowest BCUT2D eigenvalue weighted by atomic mass is 10.1. The molecule has 0 spiro atoms. The van der Waals surface area contributed by atoms with Crippen LogP contribution in [0.25, 0.3) is 0 Å². The van der Waals surface area contributed by atoms with Crippen LogP contribution in [0.5, 0.6) is 5.75 Å². The molecule has 0 unspecified atom stereocenters. The topological polar surface area (TPSA) is 116 Å². The number of anilines is 1. The molecule has 1 aliphatic rings. The first-order valence-electron chi connectivity index (χ1n) is 10.6. The Kier molecular flexibility index (Phi) is 7.52. The van der Waals surface area contributed by atoms with Crippen LogP contribution < -0.4 is 15.4 Å². The number of halogens is 3. The lowest BCUT2D eigenvalue weighted by Gasteiger charge is -2.31. The van der Waals surface area contributed by atoms with Crippen LogP contribution in [-0.2, 0) is 0 Å². The van der Waals surface area contributed by atoms with Gasteiger partial charge < -0.3 is 20.3 Å². The predicted octanol–water partition coefficient (Wildman–Crippen LogP) is 4.50. The minimum Gasteiger partial charge on any atom is -0.410 e. The summed E-state index contributed by atoms with van der Waals surface area (Å²) in [5.41, 5.74) is 0.256. The molecule has 35 heavy (non-hydrogen) atoms. The molecular formula is C23H20Cl2FN5O4. The molecule has 0 aliphatic carbocycles. The van der Waals surface area contributed by atoms with E-state index in [1.165, 1.54) is 47.5 Å². The van der Waals surface area contributed by atoms with Gasteiger partial charge >= 0.3 is 6.09 Å². The third kappa shape index (κ3) is 5.90. The molecule has 1 aromatic heterocycles. The van der Waals surface area contributed by atoms with Gasteiger partial charge in [0.05, 0.1) is 21.3 Å². The maximum Gasteiger partial charge on any atom is 0.415 e. The fraction of sp³-hybridized carbons (Fsp3) is 0.217. The Morgan fingerprint density at radius 3 is 2.34 bits per heavy atom. The Morgan fingerprint density at radius 2 is 1.69 bits per heavy atom. The van der Waals surface area contributed by atoms with Crippen molar-refractivity contribution in [2.75, 3.05) is 18.4 Å². The Balaban J connectivity index is 1.31. The number of ether oxygens (including phenoxy) is 1. The minimum absolute atomic E-state index is 0.000301. The number of aromatic nitrogens is 2. The fourth-order valence-electron chi connectivity index (χ4n) is 3.59. The molecule has 1 fully saturated rings. The number of nitrogens with one attached hydrogen (secondary N) is 3. The van der Waals surface area contributed by atoms with Crippen LogP contribution in [0, 0.1) is 5.82 Å². The number of carbonyl (C=O) groups is 3. The van der Waals surface area contributed by atoms with Crippen molar-refractivity contribution < 1.29 is 23.5 Å². The van der Waals surface area contributed by atoms with Crippen LogP contribution in [0.2, 0.25) is 10.0 Å². The third-order valence-electron chi connectivity index (χ3n) is 5.40. The average Bonchev–Trinajstić information content (AvgIpc) is 3.29. The molecule has 0 radical (unpaired) electrons. The highest BCUT2D eigenvalue weighted by Crippen LogP contribution is 2.26. The van der Waals surface area contributed by atoms with E-state index in [2.05, 4.69) is 20.8 Å². The van der Waals surface area contributed by atoms with Crippen molar-refractivity contribution in [3.63, 3.8) is 0 Å². The monoisotopic (exact) mass is 519 g/mol. The van der Waals surface area contributed by atoms with E-state index in [0.29, 0.717) is 25.9 Å². The number of rotatable bonds is 5. The summed E-state index contributed by atoms with van der Waals surface area (Å²) in [6.07, 6.45) is 1.82. The lowest BCUT2D eigenvalue weighted by Crippen LogP contribution is -2.47. The second-order valence-corrected chi connectivity index (χ2v) is 8.57. The van der Waals surface area contributed by atoms with Crippen LogP contribution in [0.4, 0.5) is 14.9 Å². The Hall–Kier alpha value is -3.63. The Labute approximate surface area is 209 Å². The fourth-order valence-corrected chi connectivity index (χ4v) is 4.16. The molecule has 3 aromatic rings. The van der Waals surface area contributed by atoms with Crippen molar-refractivity contribution in [1.29, 1.82) is 0 Å². The number of hydrogen-bond donors (Lipinski definition) is 3. The van der Waals surface area contributed by atoms with E-state index >= 15 is 0 Å². The van der Waals surface area contributed by atoms with Crippen LogP contribution >= 0.6 is 23.2 Å². The minimum atomic E-state index is -0.580. The van der Waals surface area contributed by atoms with Gasteiger partial charge in [0.15, 0.2) is 5.69 Å². The largest absolute Gasteiger partial charge is 0.415 e. The first-order valence-corrected chi connectivity index (χ1v) is 11.4. The number of carbonyl (C=O) groups excluding carboxylic acids is 3. The summed E-state index contributed by atoms with van der Waals surface area (Å²) in [6, 6.07) is 9.64. The van der Waals surface area contributed by atoms with Gasteiger partial charge in [0.25, 0.3) is 11.8 Å². The summed E-state index contributed by atoms with van der Waals surface area (Å²) in [5.74, 6) is -1.24. The number of hydrogen-bond acceptors (Lipinski definition) is 5. The van der Waals surface area contributed by atoms with Crippen molar-refractivity contribution in [1.82, 2.24) is 20.4 Å². The standard InChI is InChI=1S/C23H20Cl2FN5O4/c24-16-2-1-3-17(25)19(16)21(32)29-18-12-27-30-20(18)22(33)28-14-8-10-31(11-9-14)23(34)35-15-6-4-13(26)5-7-15/h1-7,12,14H,8-11H2,(H,27,30)(H,28,33)(H,29,32). The summed E-state index contributed by atoms with van der Waals surface area (Å²) < 4.78 is 18.3. The van der Waals surface area contributed by atoms with Gasteiger partial charge in [-0.1, -0.05) is 29.3 Å². The zero-order chi connectivity index (χ0) is 24.9. The van der Waals surface area contributed by atoms with Gasteiger partial charge in [-0.05, 0) is 49.2 Å². The highest BCUT2D eigenvalue weighted by molar-refractivity contribution is 6.40. The second kappa shape index (κ2) is 10.7. The first kappa shape index (κ1) is 24.5. The van der Waals surface area contributed by atoms with E-state index in [0.717, 1.165) is 0 Å². The summed E-state index contributed by atoms with van der Waals surface area (Å²) in [7, 11) is 0. The maximum absolute atomic E-state index is 13.0. The maximum atomic E-state index is 13.0. The normalized spacial score (nSPS) is 13.9. The molecular weight excluding hydrogens is 500 g/mol. The number of piperidine rings is 1. The average molecular weight is 520 g/mol. The van der Waals surface area contributed by atoms with Gasteiger partial charge in [-0.3, -0.25) is 14.7 Å². The highest BCUT2D eigenvalue weighted by atomic mass is 35.5. The molecule has 2 heterocycles. The smallest absolute Gasteiger partial charge is 0.410 e. The lowest BCUT2D eigenvalue weighted by molar-refractivity contribution is 0.0905. The van der Waals surface area contributed by atoms with E-state index in [-0.39, 0.29) is 38.8 Å². The van der Waals surface area contributed by atoms with E-state index in [4.69, 9.17) is 27.9 Å². The van der Waals surface area contributed by atoms with E-state index < -0.39 is 23.7 Å². The number of benzene rings is 2. The highest BCUT2D eigenvalue weighted by Gasteiger charge is 2.27. The second-order valence-electron chi connectivity index (χ2n) is 7.75. The Bertz CT molecular complexity index is 1220.